The first-order valence-electron chi connectivity index (χ1n) is 8.09. The van der Waals surface area contributed by atoms with Crippen LogP contribution in [-0.2, 0) is 0 Å². The third-order valence-corrected chi connectivity index (χ3v) is 6.21. The number of rotatable bonds is 1. The minimum Gasteiger partial charge on any atom is -0.360 e. The predicted octanol–water partition coefficient (Wildman–Crippen LogP) is 3.67. The summed E-state index contributed by atoms with van der Waals surface area (Å²) in [5.74, 6) is 3.98. The minimum atomic E-state index is 0.325. The Hall–Kier alpha value is -0.530. The fourth-order valence-electron chi connectivity index (χ4n) is 5.85. The van der Waals surface area contributed by atoms with Crippen molar-refractivity contribution < 1.29 is 0 Å². The summed E-state index contributed by atoms with van der Waals surface area (Å²) < 4.78 is 0. The third kappa shape index (κ3) is 1.64. The van der Waals surface area contributed by atoms with Crippen molar-refractivity contribution in [1.82, 2.24) is 4.90 Å². The molecule has 2 heteroatoms. The molecule has 5 rings (SSSR count). The summed E-state index contributed by atoms with van der Waals surface area (Å²) in [5, 5.41) is 8.79. The highest BCUT2D eigenvalue weighted by Gasteiger charge is 2.53. The van der Waals surface area contributed by atoms with Crippen molar-refractivity contribution in [3.63, 3.8) is 0 Å². The molecule has 0 amide bonds. The molecule has 1 aliphatic heterocycles. The molecule has 0 atom stereocenters. The molecule has 1 saturated heterocycles. The fourth-order valence-corrected chi connectivity index (χ4v) is 5.85. The lowest BCUT2D eigenvalue weighted by Crippen LogP contribution is -2.55. The summed E-state index contributed by atoms with van der Waals surface area (Å²) >= 11 is 0. The summed E-state index contributed by atoms with van der Waals surface area (Å²) in [5.41, 5.74) is 0.325. The van der Waals surface area contributed by atoms with E-state index < -0.39 is 0 Å². The van der Waals surface area contributed by atoms with Gasteiger partial charge in [-0.15, -0.1) is 0 Å². The number of amidine groups is 1. The van der Waals surface area contributed by atoms with Gasteiger partial charge in [-0.2, -0.15) is 0 Å². The van der Waals surface area contributed by atoms with E-state index in [-0.39, 0.29) is 0 Å². The second-order valence-corrected chi connectivity index (χ2v) is 7.59. The van der Waals surface area contributed by atoms with Gasteiger partial charge in [0, 0.05) is 18.5 Å². The number of piperidine rings is 1. The average molecular weight is 246 g/mol. The lowest BCUT2D eigenvalue weighted by molar-refractivity contribution is -0.0195. The number of nitrogens with zero attached hydrogens (tertiary/aromatic N) is 1. The van der Waals surface area contributed by atoms with E-state index in [1.807, 2.05) is 0 Å². The summed E-state index contributed by atoms with van der Waals surface area (Å²) in [4.78, 5) is 2.44. The van der Waals surface area contributed by atoms with E-state index >= 15 is 0 Å². The molecule has 1 N–H and O–H groups in total. The summed E-state index contributed by atoms with van der Waals surface area (Å²) in [6.45, 7) is 2.33. The van der Waals surface area contributed by atoms with Gasteiger partial charge in [0.15, 0.2) is 0 Å². The molecular weight excluding hydrogens is 220 g/mol. The quantitative estimate of drug-likeness (QED) is 0.555. The Balaban J connectivity index is 1.57. The van der Waals surface area contributed by atoms with Crippen molar-refractivity contribution in [3.8, 4) is 0 Å². The zero-order chi connectivity index (χ0) is 12.2. The van der Waals surface area contributed by atoms with Gasteiger partial charge in [-0.25, -0.2) is 0 Å². The van der Waals surface area contributed by atoms with Gasteiger partial charge in [0.2, 0.25) is 0 Å². The highest BCUT2D eigenvalue weighted by atomic mass is 15.2. The van der Waals surface area contributed by atoms with Crippen molar-refractivity contribution in [2.45, 2.75) is 57.8 Å². The largest absolute Gasteiger partial charge is 0.360 e. The van der Waals surface area contributed by atoms with Crippen molar-refractivity contribution in [3.05, 3.63) is 0 Å². The predicted molar refractivity (Wildman–Crippen MR) is 73.8 cm³/mol. The van der Waals surface area contributed by atoms with Gasteiger partial charge in [-0.05, 0) is 75.5 Å². The van der Waals surface area contributed by atoms with Crippen LogP contribution in [0.3, 0.4) is 0 Å². The molecule has 0 radical (unpaired) electrons. The number of nitrogens with one attached hydrogen (secondary N) is 1. The zero-order valence-electron chi connectivity index (χ0n) is 11.5. The standard InChI is InChI=1S/C16H26N2/c17-15(18-4-2-1-3-5-18)16-9-12-6-13(10-16)8-14(7-12)11-16/h12-14,17H,1-11H2. The van der Waals surface area contributed by atoms with Gasteiger partial charge in [-0.1, -0.05) is 0 Å². The maximum Gasteiger partial charge on any atom is 0.102 e. The Morgan fingerprint density at radius 3 is 1.83 bits per heavy atom. The lowest BCUT2D eigenvalue weighted by Gasteiger charge is -2.58. The molecule has 1 heterocycles. The maximum absolute atomic E-state index is 8.79. The van der Waals surface area contributed by atoms with Crippen LogP contribution in [0, 0.1) is 28.6 Å². The Morgan fingerprint density at radius 2 is 1.33 bits per heavy atom. The Kier molecular flexibility index (Phi) is 2.50. The van der Waals surface area contributed by atoms with Crippen LogP contribution in [0.15, 0.2) is 0 Å². The van der Waals surface area contributed by atoms with Gasteiger partial charge in [-0.3, -0.25) is 5.41 Å². The van der Waals surface area contributed by atoms with Crippen LogP contribution in [0.2, 0.25) is 0 Å². The summed E-state index contributed by atoms with van der Waals surface area (Å²) in [6.07, 6.45) is 12.6. The van der Waals surface area contributed by atoms with Gasteiger partial charge in [0.25, 0.3) is 0 Å². The van der Waals surface area contributed by atoms with Crippen molar-refractivity contribution in [2.75, 3.05) is 13.1 Å². The van der Waals surface area contributed by atoms with Crippen LogP contribution in [0.25, 0.3) is 0 Å². The first kappa shape index (κ1) is 11.3. The van der Waals surface area contributed by atoms with Crippen molar-refractivity contribution >= 4 is 5.84 Å². The Morgan fingerprint density at radius 1 is 0.833 bits per heavy atom. The molecule has 5 fully saturated rings. The van der Waals surface area contributed by atoms with Gasteiger partial charge < -0.3 is 4.90 Å². The van der Waals surface area contributed by atoms with E-state index in [1.54, 1.807) is 0 Å². The smallest absolute Gasteiger partial charge is 0.102 e. The van der Waals surface area contributed by atoms with E-state index in [4.69, 9.17) is 5.41 Å². The molecule has 0 aromatic carbocycles. The number of hydrogen-bond acceptors (Lipinski definition) is 1. The highest BCUT2D eigenvalue weighted by Crippen LogP contribution is 2.60. The molecule has 0 aromatic rings. The number of hydrogen-bond donors (Lipinski definition) is 1. The van der Waals surface area contributed by atoms with Crippen molar-refractivity contribution in [2.24, 2.45) is 23.2 Å². The van der Waals surface area contributed by atoms with Crippen LogP contribution in [0.5, 0.6) is 0 Å². The topological polar surface area (TPSA) is 27.1 Å². The molecule has 18 heavy (non-hydrogen) atoms. The third-order valence-electron chi connectivity index (χ3n) is 6.21. The molecule has 0 spiro atoms. The fraction of sp³-hybridized carbons (Fsp3) is 0.938. The molecule has 0 aromatic heterocycles. The Bertz CT molecular complexity index is 319. The first-order valence-corrected chi connectivity index (χ1v) is 8.09. The monoisotopic (exact) mass is 246 g/mol. The van der Waals surface area contributed by atoms with Crippen molar-refractivity contribution in [1.29, 1.82) is 5.41 Å². The average Bonchev–Trinajstić information content (AvgIpc) is 2.37. The molecule has 4 aliphatic carbocycles. The SMILES string of the molecule is N=C(N1CCCCC1)C12CC3CC(CC(C3)C1)C2. The lowest BCUT2D eigenvalue weighted by atomic mass is 9.49. The summed E-state index contributed by atoms with van der Waals surface area (Å²) in [7, 11) is 0. The van der Waals surface area contributed by atoms with E-state index in [0.717, 1.165) is 23.6 Å². The molecule has 2 nitrogen and oxygen atoms in total. The van der Waals surface area contributed by atoms with Crippen LogP contribution >= 0.6 is 0 Å². The molecule has 4 saturated carbocycles. The second-order valence-electron chi connectivity index (χ2n) is 7.59. The van der Waals surface area contributed by atoms with Crippen LogP contribution < -0.4 is 0 Å². The number of likely N-dealkylation sites (tertiary alicyclic amines) is 1. The van der Waals surface area contributed by atoms with Crippen LogP contribution in [0.1, 0.15) is 57.8 Å². The molecular formula is C16H26N2. The van der Waals surface area contributed by atoms with E-state index in [1.165, 1.54) is 70.9 Å². The summed E-state index contributed by atoms with van der Waals surface area (Å²) in [6, 6.07) is 0. The van der Waals surface area contributed by atoms with Gasteiger partial charge in [0.1, 0.15) is 5.84 Å². The molecule has 0 unspecified atom stereocenters. The molecule has 5 aliphatic rings. The van der Waals surface area contributed by atoms with Crippen LogP contribution in [-0.4, -0.2) is 23.8 Å². The van der Waals surface area contributed by atoms with E-state index in [9.17, 15) is 0 Å². The second kappa shape index (κ2) is 3.98. The van der Waals surface area contributed by atoms with Crippen LogP contribution in [0.4, 0.5) is 0 Å². The first-order chi connectivity index (χ1) is 8.75. The van der Waals surface area contributed by atoms with Gasteiger partial charge in [0.05, 0.1) is 0 Å². The van der Waals surface area contributed by atoms with E-state index in [2.05, 4.69) is 4.90 Å². The highest BCUT2D eigenvalue weighted by molar-refractivity contribution is 5.86. The zero-order valence-corrected chi connectivity index (χ0v) is 11.5. The normalized spacial score (nSPS) is 46.4. The molecule has 100 valence electrons. The van der Waals surface area contributed by atoms with Gasteiger partial charge >= 0.3 is 0 Å². The minimum absolute atomic E-state index is 0.325. The van der Waals surface area contributed by atoms with E-state index in [0.29, 0.717) is 5.41 Å². The molecule has 4 bridgehead atoms. The maximum atomic E-state index is 8.79. The Labute approximate surface area is 111 Å².